The van der Waals surface area contributed by atoms with Gasteiger partial charge in [-0.3, -0.25) is 0 Å². The van der Waals surface area contributed by atoms with Crippen LogP contribution in [0.25, 0.3) is 0 Å². The highest BCUT2D eigenvalue weighted by molar-refractivity contribution is 5.86. The van der Waals surface area contributed by atoms with E-state index in [9.17, 15) is 4.79 Å². The minimum Gasteiger partial charge on any atom is -0.497 e. The Hall–Kier alpha value is -1.81. The number of methoxy groups -OCH3 is 1. The van der Waals surface area contributed by atoms with Gasteiger partial charge in [0.25, 0.3) is 0 Å². The van der Waals surface area contributed by atoms with E-state index < -0.39 is 5.97 Å². The molecule has 0 amide bonds. The third-order valence-corrected chi connectivity index (χ3v) is 2.10. The summed E-state index contributed by atoms with van der Waals surface area (Å²) in [7, 11) is 1.61. The van der Waals surface area contributed by atoms with Crippen molar-refractivity contribution < 1.29 is 14.6 Å². The SMILES string of the molecule is C=C(CNCc1cccc(OC)c1)C(=O)O. The zero-order valence-electron chi connectivity index (χ0n) is 9.19. The molecule has 0 aliphatic carbocycles. The highest BCUT2D eigenvalue weighted by atomic mass is 16.5. The minimum atomic E-state index is -0.974. The fourth-order valence-corrected chi connectivity index (χ4v) is 1.22. The van der Waals surface area contributed by atoms with Crippen molar-refractivity contribution in [3.63, 3.8) is 0 Å². The second kappa shape index (κ2) is 5.92. The number of aliphatic carboxylic acids is 1. The van der Waals surface area contributed by atoms with Crippen LogP contribution in [0.4, 0.5) is 0 Å². The van der Waals surface area contributed by atoms with Crippen LogP contribution in [0.2, 0.25) is 0 Å². The quantitative estimate of drug-likeness (QED) is 0.713. The van der Waals surface area contributed by atoms with Gasteiger partial charge in [0, 0.05) is 18.7 Å². The van der Waals surface area contributed by atoms with Crippen LogP contribution in [0.15, 0.2) is 36.4 Å². The van der Waals surface area contributed by atoms with E-state index in [1.54, 1.807) is 7.11 Å². The Morgan fingerprint density at radius 1 is 1.56 bits per heavy atom. The number of nitrogens with one attached hydrogen (secondary N) is 1. The first-order valence-electron chi connectivity index (χ1n) is 4.88. The Morgan fingerprint density at radius 3 is 2.94 bits per heavy atom. The number of hydrogen-bond acceptors (Lipinski definition) is 3. The monoisotopic (exact) mass is 221 g/mol. The molecular formula is C12H15NO3. The molecule has 0 saturated heterocycles. The molecule has 1 aromatic rings. The summed E-state index contributed by atoms with van der Waals surface area (Å²) < 4.78 is 5.08. The van der Waals surface area contributed by atoms with E-state index in [-0.39, 0.29) is 12.1 Å². The van der Waals surface area contributed by atoms with Crippen molar-refractivity contribution >= 4 is 5.97 Å². The highest BCUT2D eigenvalue weighted by Gasteiger charge is 2.02. The molecule has 0 radical (unpaired) electrons. The van der Waals surface area contributed by atoms with Crippen molar-refractivity contribution in [2.75, 3.05) is 13.7 Å². The van der Waals surface area contributed by atoms with Gasteiger partial charge in [0.15, 0.2) is 0 Å². The first kappa shape index (κ1) is 12.3. The van der Waals surface area contributed by atoms with Gasteiger partial charge >= 0.3 is 5.97 Å². The van der Waals surface area contributed by atoms with Crippen LogP contribution in [0.1, 0.15) is 5.56 Å². The van der Waals surface area contributed by atoms with Crippen molar-refractivity contribution in [2.24, 2.45) is 0 Å². The lowest BCUT2D eigenvalue weighted by atomic mass is 10.2. The molecule has 4 nitrogen and oxygen atoms in total. The van der Waals surface area contributed by atoms with Crippen molar-refractivity contribution in [2.45, 2.75) is 6.54 Å². The second-order valence-corrected chi connectivity index (χ2v) is 3.36. The van der Waals surface area contributed by atoms with E-state index in [1.165, 1.54) is 0 Å². The molecule has 0 saturated carbocycles. The zero-order valence-corrected chi connectivity index (χ0v) is 9.19. The Balaban J connectivity index is 2.42. The maximum absolute atomic E-state index is 10.5. The predicted octanol–water partition coefficient (Wildman–Crippen LogP) is 1.43. The lowest BCUT2D eigenvalue weighted by molar-refractivity contribution is -0.132. The van der Waals surface area contributed by atoms with E-state index in [1.807, 2.05) is 24.3 Å². The summed E-state index contributed by atoms with van der Waals surface area (Å²) in [5.41, 5.74) is 1.19. The van der Waals surface area contributed by atoms with Gasteiger partial charge in [0.2, 0.25) is 0 Å². The lowest BCUT2D eigenvalue weighted by Crippen LogP contribution is -2.19. The molecule has 0 unspecified atom stereocenters. The molecule has 1 aromatic carbocycles. The van der Waals surface area contributed by atoms with Crippen molar-refractivity contribution in [1.82, 2.24) is 5.32 Å². The summed E-state index contributed by atoms with van der Waals surface area (Å²) in [5, 5.41) is 11.6. The molecule has 0 aromatic heterocycles. The van der Waals surface area contributed by atoms with Gasteiger partial charge in [-0.15, -0.1) is 0 Å². The molecule has 86 valence electrons. The number of rotatable bonds is 6. The summed E-state index contributed by atoms with van der Waals surface area (Å²) in [4.78, 5) is 10.5. The number of carboxylic acids is 1. The summed E-state index contributed by atoms with van der Waals surface area (Å²) >= 11 is 0. The lowest BCUT2D eigenvalue weighted by Gasteiger charge is -2.06. The zero-order chi connectivity index (χ0) is 12.0. The highest BCUT2D eigenvalue weighted by Crippen LogP contribution is 2.12. The molecule has 0 heterocycles. The van der Waals surface area contributed by atoms with Gasteiger partial charge in [-0.25, -0.2) is 4.79 Å². The number of carboxylic acid groups (broad SMARTS) is 1. The van der Waals surface area contributed by atoms with Crippen molar-refractivity contribution in [3.8, 4) is 5.75 Å². The smallest absolute Gasteiger partial charge is 0.332 e. The van der Waals surface area contributed by atoms with Crippen LogP contribution < -0.4 is 10.1 Å². The third kappa shape index (κ3) is 3.74. The molecule has 0 spiro atoms. The minimum absolute atomic E-state index is 0.155. The maximum Gasteiger partial charge on any atom is 0.332 e. The maximum atomic E-state index is 10.5. The second-order valence-electron chi connectivity index (χ2n) is 3.36. The number of ether oxygens (including phenoxy) is 1. The number of benzene rings is 1. The molecule has 0 aliphatic heterocycles. The van der Waals surface area contributed by atoms with Gasteiger partial charge in [-0.05, 0) is 17.7 Å². The van der Waals surface area contributed by atoms with Crippen molar-refractivity contribution in [3.05, 3.63) is 42.0 Å². The average molecular weight is 221 g/mol. The van der Waals surface area contributed by atoms with E-state index in [2.05, 4.69) is 11.9 Å². The van der Waals surface area contributed by atoms with E-state index in [4.69, 9.17) is 9.84 Å². The van der Waals surface area contributed by atoms with Gasteiger partial charge in [-0.1, -0.05) is 18.7 Å². The molecule has 1 rings (SSSR count). The van der Waals surface area contributed by atoms with Gasteiger partial charge in [0.05, 0.1) is 7.11 Å². The molecule has 0 atom stereocenters. The normalized spacial score (nSPS) is 9.81. The summed E-state index contributed by atoms with van der Waals surface area (Å²) in [6.45, 7) is 4.29. The van der Waals surface area contributed by atoms with E-state index in [0.29, 0.717) is 6.54 Å². The van der Waals surface area contributed by atoms with Crippen LogP contribution in [-0.2, 0) is 11.3 Å². The first-order chi connectivity index (χ1) is 7.63. The summed E-state index contributed by atoms with van der Waals surface area (Å²) in [5.74, 6) is -0.186. The Kier molecular flexibility index (Phi) is 4.54. The molecule has 0 bridgehead atoms. The molecule has 2 N–H and O–H groups in total. The third-order valence-electron chi connectivity index (χ3n) is 2.10. The Bertz CT molecular complexity index is 388. The van der Waals surface area contributed by atoms with Crippen LogP contribution in [-0.4, -0.2) is 24.7 Å². The Labute approximate surface area is 94.6 Å². The molecule has 4 heteroatoms. The van der Waals surface area contributed by atoms with Crippen LogP contribution in [0.3, 0.4) is 0 Å². The van der Waals surface area contributed by atoms with Crippen LogP contribution in [0, 0.1) is 0 Å². The standard InChI is InChI=1S/C12H15NO3/c1-9(12(14)15)7-13-8-10-4-3-5-11(6-10)16-2/h3-6,13H,1,7-8H2,2H3,(H,14,15). The Morgan fingerprint density at radius 2 is 2.31 bits per heavy atom. The van der Waals surface area contributed by atoms with Crippen LogP contribution in [0.5, 0.6) is 5.75 Å². The first-order valence-corrected chi connectivity index (χ1v) is 4.88. The van der Waals surface area contributed by atoms with Gasteiger partial charge < -0.3 is 15.2 Å². The number of carbonyl (C=O) groups is 1. The summed E-state index contributed by atoms with van der Waals surface area (Å²) in [6.07, 6.45) is 0. The fraction of sp³-hybridized carbons (Fsp3) is 0.250. The predicted molar refractivity (Wildman–Crippen MR) is 61.5 cm³/mol. The molecule has 0 aliphatic rings. The largest absolute Gasteiger partial charge is 0.497 e. The molecular weight excluding hydrogens is 206 g/mol. The topological polar surface area (TPSA) is 58.6 Å². The molecule has 16 heavy (non-hydrogen) atoms. The summed E-state index contributed by atoms with van der Waals surface area (Å²) in [6, 6.07) is 7.59. The van der Waals surface area contributed by atoms with Crippen LogP contribution >= 0.6 is 0 Å². The number of hydrogen-bond donors (Lipinski definition) is 2. The van der Waals surface area contributed by atoms with Crippen molar-refractivity contribution in [1.29, 1.82) is 0 Å². The van der Waals surface area contributed by atoms with Gasteiger partial charge in [-0.2, -0.15) is 0 Å². The average Bonchev–Trinajstić information content (AvgIpc) is 2.29. The van der Waals surface area contributed by atoms with E-state index >= 15 is 0 Å². The molecule has 0 fully saturated rings. The van der Waals surface area contributed by atoms with Gasteiger partial charge in [0.1, 0.15) is 5.75 Å². The fourth-order valence-electron chi connectivity index (χ4n) is 1.22. The van der Waals surface area contributed by atoms with E-state index in [0.717, 1.165) is 11.3 Å².